The van der Waals surface area contributed by atoms with Gasteiger partial charge in [0.15, 0.2) is 0 Å². The fourth-order valence-corrected chi connectivity index (χ4v) is 3.38. The zero-order valence-electron chi connectivity index (χ0n) is 9.26. The molecule has 0 aromatic rings. The van der Waals surface area contributed by atoms with Crippen LogP contribution in [-0.2, 0) is 14.3 Å². The lowest BCUT2D eigenvalue weighted by Crippen LogP contribution is -2.47. The predicted molar refractivity (Wildman–Crippen MR) is 54.3 cm³/mol. The van der Waals surface area contributed by atoms with Crippen molar-refractivity contribution in [3.63, 3.8) is 0 Å². The predicted octanol–water partition coefficient (Wildman–Crippen LogP) is 0.508. The molecule has 0 bridgehead atoms. The number of esters is 1. The molecule has 1 saturated carbocycles. The summed E-state index contributed by atoms with van der Waals surface area (Å²) >= 11 is 0. The number of carbonyl (C=O) groups is 2. The Hall–Kier alpha value is -0.900. The number of hydrogen-bond acceptors (Lipinski definition) is 4. The Morgan fingerprint density at radius 2 is 1.80 bits per heavy atom. The molecule has 1 N–H and O–H groups in total. The summed E-state index contributed by atoms with van der Waals surface area (Å²) in [6.07, 6.45) is 2.52. The quantitative estimate of drug-likeness (QED) is 0.676. The molecule has 1 heterocycles. The maximum atomic E-state index is 11.9. The van der Waals surface area contributed by atoms with Gasteiger partial charge in [-0.05, 0) is 19.8 Å². The van der Waals surface area contributed by atoms with Crippen LogP contribution in [0, 0.1) is 10.8 Å². The monoisotopic (exact) mass is 211 g/mol. The lowest BCUT2D eigenvalue weighted by Gasteiger charge is -2.34. The third-order valence-corrected chi connectivity index (χ3v) is 4.23. The third-order valence-electron chi connectivity index (χ3n) is 4.23. The van der Waals surface area contributed by atoms with Crippen molar-refractivity contribution in [2.24, 2.45) is 10.8 Å². The van der Waals surface area contributed by atoms with E-state index < -0.39 is 10.8 Å². The summed E-state index contributed by atoms with van der Waals surface area (Å²) in [7, 11) is 1.40. The summed E-state index contributed by atoms with van der Waals surface area (Å²) in [5.74, 6) is -0.101. The van der Waals surface area contributed by atoms with Crippen molar-refractivity contribution in [2.75, 3.05) is 20.2 Å². The highest BCUT2D eigenvalue weighted by Crippen LogP contribution is 2.56. The van der Waals surface area contributed by atoms with Crippen LogP contribution in [-0.4, -0.2) is 32.0 Å². The molecule has 2 fully saturated rings. The van der Waals surface area contributed by atoms with Crippen LogP contribution in [0.3, 0.4) is 0 Å². The van der Waals surface area contributed by atoms with E-state index in [1.807, 2.05) is 0 Å². The zero-order valence-corrected chi connectivity index (χ0v) is 9.26. The summed E-state index contributed by atoms with van der Waals surface area (Å²) in [5.41, 5.74) is -1.09. The second-order valence-electron chi connectivity index (χ2n) is 4.67. The van der Waals surface area contributed by atoms with E-state index in [2.05, 4.69) is 5.32 Å². The first kappa shape index (κ1) is 10.6. The first-order valence-electron chi connectivity index (χ1n) is 5.39. The fourth-order valence-electron chi connectivity index (χ4n) is 3.38. The summed E-state index contributed by atoms with van der Waals surface area (Å²) in [4.78, 5) is 23.7. The minimum Gasteiger partial charge on any atom is -0.469 e. The standard InChI is InChI=1S/C11H17NO3/c1-8(13)10-4-3-5-11(10,7-12-6-10)9(14)15-2/h12H,3-7H2,1-2H3/t10-,11+/m1/s1. The van der Waals surface area contributed by atoms with Crippen molar-refractivity contribution in [1.29, 1.82) is 0 Å². The smallest absolute Gasteiger partial charge is 0.314 e. The molecule has 15 heavy (non-hydrogen) atoms. The number of nitrogens with one attached hydrogen (secondary N) is 1. The average Bonchev–Trinajstić information content (AvgIpc) is 2.71. The number of methoxy groups -OCH3 is 1. The molecular weight excluding hydrogens is 194 g/mol. The second-order valence-corrected chi connectivity index (χ2v) is 4.67. The van der Waals surface area contributed by atoms with Crippen molar-refractivity contribution < 1.29 is 14.3 Å². The lowest BCUT2D eigenvalue weighted by molar-refractivity contribution is -0.160. The zero-order chi connectivity index (χ0) is 11.1. The van der Waals surface area contributed by atoms with Gasteiger partial charge in [0.2, 0.25) is 0 Å². The van der Waals surface area contributed by atoms with Crippen LogP contribution in [0.1, 0.15) is 26.2 Å². The third kappa shape index (κ3) is 1.11. The molecule has 2 atom stereocenters. The number of fused-ring (bicyclic) bond motifs is 1. The molecule has 0 aromatic heterocycles. The summed E-state index contributed by atoms with van der Waals surface area (Å²) in [6.45, 7) is 2.80. The van der Waals surface area contributed by atoms with Gasteiger partial charge < -0.3 is 10.1 Å². The molecule has 0 aromatic carbocycles. The second kappa shape index (κ2) is 3.30. The van der Waals surface area contributed by atoms with Gasteiger partial charge in [0.25, 0.3) is 0 Å². The molecule has 84 valence electrons. The van der Waals surface area contributed by atoms with E-state index in [9.17, 15) is 9.59 Å². The summed E-state index contributed by atoms with van der Waals surface area (Å²) in [5, 5.41) is 3.18. The number of rotatable bonds is 2. The van der Waals surface area contributed by atoms with E-state index in [1.165, 1.54) is 7.11 Å². The van der Waals surface area contributed by atoms with Gasteiger partial charge in [0.1, 0.15) is 5.78 Å². The van der Waals surface area contributed by atoms with Gasteiger partial charge in [-0.1, -0.05) is 6.42 Å². The van der Waals surface area contributed by atoms with Gasteiger partial charge >= 0.3 is 5.97 Å². The van der Waals surface area contributed by atoms with Crippen LogP contribution in [0.5, 0.6) is 0 Å². The molecular formula is C11H17NO3. The Morgan fingerprint density at radius 3 is 2.40 bits per heavy atom. The van der Waals surface area contributed by atoms with Crippen LogP contribution in [0.15, 0.2) is 0 Å². The highest BCUT2D eigenvalue weighted by Gasteiger charge is 2.65. The fraction of sp³-hybridized carbons (Fsp3) is 0.818. The molecule has 0 spiro atoms. The number of ether oxygens (including phenoxy) is 1. The van der Waals surface area contributed by atoms with Crippen LogP contribution in [0.4, 0.5) is 0 Å². The Labute approximate surface area is 89.4 Å². The van der Waals surface area contributed by atoms with Crippen molar-refractivity contribution >= 4 is 11.8 Å². The SMILES string of the molecule is COC(=O)[C@@]12CCC[C@]1(C(C)=O)CNC2. The van der Waals surface area contributed by atoms with Crippen LogP contribution < -0.4 is 5.32 Å². The van der Waals surface area contributed by atoms with Crippen LogP contribution in [0.25, 0.3) is 0 Å². The van der Waals surface area contributed by atoms with Gasteiger partial charge in [0.05, 0.1) is 17.9 Å². The largest absolute Gasteiger partial charge is 0.469 e. The summed E-state index contributed by atoms with van der Waals surface area (Å²) < 4.78 is 4.88. The topological polar surface area (TPSA) is 55.4 Å². The lowest BCUT2D eigenvalue weighted by atomic mass is 9.66. The van der Waals surface area contributed by atoms with E-state index >= 15 is 0 Å². The Balaban J connectivity index is 2.44. The molecule has 2 aliphatic rings. The normalized spacial score (nSPS) is 38.8. The van der Waals surface area contributed by atoms with E-state index in [0.29, 0.717) is 13.1 Å². The Morgan fingerprint density at radius 1 is 1.20 bits per heavy atom. The van der Waals surface area contributed by atoms with Crippen molar-refractivity contribution in [1.82, 2.24) is 5.32 Å². The Bertz CT molecular complexity index is 301. The molecule has 4 nitrogen and oxygen atoms in total. The molecule has 1 aliphatic heterocycles. The molecule has 0 unspecified atom stereocenters. The van der Waals surface area contributed by atoms with Gasteiger partial charge in [0, 0.05) is 13.1 Å². The number of Topliss-reactive ketones (excluding diaryl/α,β-unsaturated/α-hetero) is 1. The number of ketones is 1. The molecule has 0 amide bonds. The average molecular weight is 211 g/mol. The first-order chi connectivity index (χ1) is 7.09. The van der Waals surface area contributed by atoms with Crippen LogP contribution >= 0.6 is 0 Å². The van der Waals surface area contributed by atoms with E-state index in [-0.39, 0.29) is 11.8 Å². The van der Waals surface area contributed by atoms with E-state index in [1.54, 1.807) is 6.92 Å². The van der Waals surface area contributed by atoms with Gasteiger partial charge in [-0.25, -0.2) is 0 Å². The minimum atomic E-state index is -0.590. The molecule has 1 aliphatic carbocycles. The Kier molecular flexibility index (Phi) is 2.34. The first-order valence-corrected chi connectivity index (χ1v) is 5.39. The highest BCUT2D eigenvalue weighted by atomic mass is 16.5. The van der Waals surface area contributed by atoms with E-state index in [4.69, 9.17) is 4.74 Å². The maximum Gasteiger partial charge on any atom is 0.314 e. The van der Waals surface area contributed by atoms with E-state index in [0.717, 1.165) is 19.3 Å². The minimum absolute atomic E-state index is 0.121. The summed E-state index contributed by atoms with van der Waals surface area (Å²) in [6, 6.07) is 0. The van der Waals surface area contributed by atoms with Gasteiger partial charge in [-0.15, -0.1) is 0 Å². The molecule has 2 rings (SSSR count). The number of carbonyl (C=O) groups excluding carboxylic acids is 2. The maximum absolute atomic E-state index is 11.9. The molecule has 4 heteroatoms. The van der Waals surface area contributed by atoms with Gasteiger partial charge in [-0.3, -0.25) is 9.59 Å². The number of hydrogen-bond donors (Lipinski definition) is 1. The van der Waals surface area contributed by atoms with Crippen LogP contribution in [0.2, 0.25) is 0 Å². The molecule has 0 radical (unpaired) electrons. The van der Waals surface area contributed by atoms with Gasteiger partial charge in [-0.2, -0.15) is 0 Å². The molecule has 1 saturated heterocycles. The highest BCUT2D eigenvalue weighted by molar-refractivity contribution is 5.93. The van der Waals surface area contributed by atoms with Crippen molar-refractivity contribution in [3.05, 3.63) is 0 Å². The van der Waals surface area contributed by atoms with Crippen molar-refractivity contribution in [2.45, 2.75) is 26.2 Å². The van der Waals surface area contributed by atoms with Crippen molar-refractivity contribution in [3.8, 4) is 0 Å².